The molecule has 0 saturated heterocycles. The Morgan fingerprint density at radius 3 is 3.00 bits per heavy atom. The summed E-state index contributed by atoms with van der Waals surface area (Å²) in [5, 5.41) is 7.19. The summed E-state index contributed by atoms with van der Waals surface area (Å²) >= 11 is 0. The lowest BCUT2D eigenvalue weighted by atomic mass is 10.2. The van der Waals surface area contributed by atoms with Crippen molar-refractivity contribution in [3.8, 4) is 0 Å². The van der Waals surface area contributed by atoms with Crippen molar-refractivity contribution in [2.24, 2.45) is 12.8 Å². The Hall–Kier alpha value is -2.37. The van der Waals surface area contributed by atoms with Gasteiger partial charge in [-0.05, 0) is 6.07 Å². The summed E-state index contributed by atoms with van der Waals surface area (Å²) in [4.78, 5) is 15.0. The first kappa shape index (κ1) is 11.1. The van der Waals surface area contributed by atoms with Gasteiger partial charge in [0.25, 0.3) is 5.91 Å². The summed E-state index contributed by atoms with van der Waals surface area (Å²) in [5.74, 6) is -0.494. The molecule has 0 aromatic carbocycles. The maximum atomic E-state index is 11.2. The van der Waals surface area contributed by atoms with Gasteiger partial charge in [0.15, 0.2) is 0 Å². The van der Waals surface area contributed by atoms with Crippen LogP contribution in [0, 0.1) is 0 Å². The van der Waals surface area contributed by atoms with E-state index in [1.54, 1.807) is 23.1 Å². The van der Waals surface area contributed by atoms with Crippen LogP contribution in [0.4, 0.5) is 5.69 Å². The van der Waals surface area contributed by atoms with Gasteiger partial charge in [-0.25, -0.2) is 0 Å². The number of hydrogen-bond acceptors (Lipinski definition) is 4. The molecule has 0 unspecified atom stereocenters. The minimum atomic E-state index is -0.494. The monoisotopic (exact) mass is 231 g/mol. The van der Waals surface area contributed by atoms with Crippen LogP contribution in [0.5, 0.6) is 0 Å². The first-order valence-electron chi connectivity index (χ1n) is 5.12. The van der Waals surface area contributed by atoms with Crippen LogP contribution in [0.3, 0.4) is 0 Å². The first-order chi connectivity index (χ1) is 8.16. The van der Waals surface area contributed by atoms with Crippen LogP contribution in [0.2, 0.25) is 0 Å². The molecule has 3 N–H and O–H groups in total. The van der Waals surface area contributed by atoms with Crippen molar-refractivity contribution in [2.45, 2.75) is 6.54 Å². The standard InChI is InChI=1S/C11H13N5O/c1-16-7-8(5-15-16)4-14-10-2-3-13-6-9(10)11(12)17/h2-3,5-7H,4H2,1H3,(H2,12,17)(H,13,14). The summed E-state index contributed by atoms with van der Waals surface area (Å²) in [6, 6.07) is 1.72. The largest absolute Gasteiger partial charge is 0.380 e. The van der Waals surface area contributed by atoms with Gasteiger partial charge < -0.3 is 11.1 Å². The molecular weight excluding hydrogens is 218 g/mol. The van der Waals surface area contributed by atoms with Crippen LogP contribution in [0.1, 0.15) is 15.9 Å². The van der Waals surface area contributed by atoms with E-state index in [4.69, 9.17) is 5.73 Å². The maximum absolute atomic E-state index is 11.2. The Kier molecular flexibility index (Phi) is 3.04. The molecular formula is C11H13N5O. The molecule has 0 fully saturated rings. The van der Waals surface area contributed by atoms with Gasteiger partial charge in [-0.3, -0.25) is 14.5 Å². The van der Waals surface area contributed by atoms with Gasteiger partial charge in [-0.1, -0.05) is 0 Å². The number of carbonyl (C=O) groups is 1. The number of aryl methyl sites for hydroxylation is 1. The van der Waals surface area contributed by atoms with Crippen LogP contribution in [-0.4, -0.2) is 20.7 Å². The van der Waals surface area contributed by atoms with E-state index < -0.39 is 5.91 Å². The van der Waals surface area contributed by atoms with Gasteiger partial charge in [0.2, 0.25) is 0 Å². The second-order valence-corrected chi connectivity index (χ2v) is 3.66. The Morgan fingerprint density at radius 2 is 2.35 bits per heavy atom. The van der Waals surface area contributed by atoms with Crippen molar-refractivity contribution >= 4 is 11.6 Å². The Balaban J connectivity index is 2.11. The molecule has 2 aromatic heterocycles. The molecule has 0 radical (unpaired) electrons. The second kappa shape index (κ2) is 4.65. The summed E-state index contributed by atoms with van der Waals surface area (Å²) in [6.45, 7) is 0.581. The zero-order chi connectivity index (χ0) is 12.3. The zero-order valence-electron chi connectivity index (χ0n) is 9.42. The minimum absolute atomic E-state index is 0.386. The van der Waals surface area contributed by atoms with E-state index in [-0.39, 0.29) is 0 Å². The number of hydrogen-bond donors (Lipinski definition) is 2. The van der Waals surface area contributed by atoms with E-state index in [1.165, 1.54) is 6.20 Å². The Morgan fingerprint density at radius 1 is 1.53 bits per heavy atom. The molecule has 2 heterocycles. The highest BCUT2D eigenvalue weighted by molar-refractivity contribution is 5.98. The van der Waals surface area contributed by atoms with Gasteiger partial charge in [0.05, 0.1) is 17.4 Å². The molecule has 1 amide bonds. The van der Waals surface area contributed by atoms with E-state index in [0.29, 0.717) is 17.8 Å². The molecule has 0 aliphatic heterocycles. The zero-order valence-corrected chi connectivity index (χ0v) is 9.42. The van der Waals surface area contributed by atoms with E-state index in [1.807, 2.05) is 13.2 Å². The van der Waals surface area contributed by atoms with E-state index in [2.05, 4.69) is 15.4 Å². The molecule has 6 heteroatoms. The molecule has 17 heavy (non-hydrogen) atoms. The number of nitrogens with zero attached hydrogens (tertiary/aromatic N) is 3. The number of nitrogens with one attached hydrogen (secondary N) is 1. The molecule has 0 saturated carbocycles. The van der Waals surface area contributed by atoms with Crippen molar-refractivity contribution in [3.05, 3.63) is 42.0 Å². The lowest BCUT2D eigenvalue weighted by molar-refractivity contribution is 0.100. The highest BCUT2D eigenvalue weighted by Gasteiger charge is 2.07. The fourth-order valence-electron chi connectivity index (χ4n) is 1.51. The quantitative estimate of drug-likeness (QED) is 0.803. The van der Waals surface area contributed by atoms with Crippen molar-refractivity contribution in [3.63, 3.8) is 0 Å². The number of rotatable bonds is 4. The number of carbonyl (C=O) groups excluding carboxylic acids is 1. The summed E-state index contributed by atoms with van der Waals surface area (Å²) in [7, 11) is 1.85. The molecule has 6 nitrogen and oxygen atoms in total. The molecule has 0 aliphatic carbocycles. The first-order valence-corrected chi connectivity index (χ1v) is 5.12. The van der Waals surface area contributed by atoms with Crippen LogP contribution < -0.4 is 11.1 Å². The lowest BCUT2D eigenvalue weighted by Gasteiger charge is -2.07. The predicted octanol–water partition coefficient (Wildman–Crippen LogP) is 0.526. The van der Waals surface area contributed by atoms with Crippen LogP contribution in [0.15, 0.2) is 30.9 Å². The van der Waals surface area contributed by atoms with Crippen molar-refractivity contribution < 1.29 is 4.79 Å². The summed E-state index contributed by atoms with van der Waals surface area (Å²) in [5.41, 5.74) is 7.34. The third kappa shape index (κ3) is 2.60. The van der Waals surface area contributed by atoms with Crippen molar-refractivity contribution in [1.82, 2.24) is 14.8 Å². The highest BCUT2D eigenvalue weighted by atomic mass is 16.1. The van der Waals surface area contributed by atoms with Gasteiger partial charge in [0.1, 0.15) is 0 Å². The minimum Gasteiger partial charge on any atom is -0.380 e. The third-order valence-corrected chi connectivity index (χ3v) is 2.33. The van der Waals surface area contributed by atoms with Crippen LogP contribution in [0.25, 0.3) is 0 Å². The number of primary amides is 1. The maximum Gasteiger partial charge on any atom is 0.252 e. The van der Waals surface area contributed by atoms with Gasteiger partial charge in [-0.2, -0.15) is 5.10 Å². The number of nitrogens with two attached hydrogens (primary N) is 1. The van der Waals surface area contributed by atoms with Gasteiger partial charge >= 0.3 is 0 Å². The molecule has 2 aromatic rings. The summed E-state index contributed by atoms with van der Waals surface area (Å²) < 4.78 is 1.72. The fourth-order valence-corrected chi connectivity index (χ4v) is 1.51. The SMILES string of the molecule is Cn1cc(CNc2ccncc2C(N)=O)cn1. The fraction of sp³-hybridized carbons (Fsp3) is 0.182. The summed E-state index contributed by atoms with van der Waals surface area (Å²) in [6.07, 6.45) is 6.72. The van der Waals surface area contributed by atoms with Crippen molar-refractivity contribution in [2.75, 3.05) is 5.32 Å². The smallest absolute Gasteiger partial charge is 0.252 e. The number of anilines is 1. The van der Waals surface area contributed by atoms with E-state index in [0.717, 1.165) is 5.56 Å². The van der Waals surface area contributed by atoms with Crippen LogP contribution >= 0.6 is 0 Å². The topological polar surface area (TPSA) is 85.8 Å². The van der Waals surface area contributed by atoms with Crippen LogP contribution in [-0.2, 0) is 13.6 Å². The Labute approximate surface area is 98.5 Å². The van der Waals surface area contributed by atoms with E-state index in [9.17, 15) is 4.79 Å². The lowest BCUT2D eigenvalue weighted by Crippen LogP contribution is -2.14. The van der Waals surface area contributed by atoms with E-state index >= 15 is 0 Å². The third-order valence-electron chi connectivity index (χ3n) is 2.33. The number of aromatic nitrogens is 3. The highest BCUT2D eigenvalue weighted by Crippen LogP contribution is 2.13. The van der Waals surface area contributed by atoms with Gasteiger partial charge in [0, 0.05) is 37.7 Å². The van der Waals surface area contributed by atoms with Crippen molar-refractivity contribution in [1.29, 1.82) is 0 Å². The van der Waals surface area contributed by atoms with Gasteiger partial charge in [-0.15, -0.1) is 0 Å². The second-order valence-electron chi connectivity index (χ2n) is 3.66. The average Bonchev–Trinajstić information content (AvgIpc) is 2.73. The predicted molar refractivity (Wildman–Crippen MR) is 63.3 cm³/mol. The molecule has 0 bridgehead atoms. The normalized spacial score (nSPS) is 10.2. The molecule has 0 spiro atoms. The molecule has 88 valence electrons. The number of amides is 1. The molecule has 0 aliphatic rings. The average molecular weight is 231 g/mol. The number of pyridine rings is 1. The Bertz CT molecular complexity index is 534. The molecule has 2 rings (SSSR count). The molecule has 0 atom stereocenters.